The molecule has 1 aliphatic rings. The molecule has 5 heteroatoms. The van der Waals surface area contributed by atoms with Crippen molar-refractivity contribution in [3.63, 3.8) is 0 Å². The summed E-state index contributed by atoms with van der Waals surface area (Å²) < 4.78 is 12.0. The van der Waals surface area contributed by atoms with E-state index in [4.69, 9.17) is 21.1 Å². The smallest absolute Gasteiger partial charge is 0.124 e. The second-order valence-corrected chi connectivity index (χ2v) is 6.56. The van der Waals surface area contributed by atoms with Crippen molar-refractivity contribution in [2.24, 2.45) is 0 Å². The highest BCUT2D eigenvalue weighted by molar-refractivity contribution is 9.10. The lowest BCUT2D eigenvalue weighted by Crippen LogP contribution is -2.15. The minimum Gasteiger partial charge on any atom is -0.488 e. The summed E-state index contributed by atoms with van der Waals surface area (Å²) in [6, 6.07) is 12.9. The fraction of sp³-hybridized carbons (Fsp3) is 0.294. The van der Waals surface area contributed by atoms with E-state index >= 15 is 0 Å². The van der Waals surface area contributed by atoms with E-state index in [-0.39, 0.29) is 6.10 Å². The number of ether oxygens (including phenoxy) is 2. The van der Waals surface area contributed by atoms with Crippen molar-refractivity contribution in [2.45, 2.75) is 18.6 Å². The average Bonchev–Trinajstić information content (AvgIpc) is 3.03. The zero-order valence-corrected chi connectivity index (χ0v) is 14.2. The van der Waals surface area contributed by atoms with Crippen LogP contribution in [0.1, 0.15) is 23.7 Å². The van der Waals surface area contributed by atoms with Gasteiger partial charge in [-0.2, -0.15) is 0 Å². The molecule has 0 radical (unpaired) electrons. The van der Waals surface area contributed by atoms with E-state index < -0.39 is 6.10 Å². The lowest BCUT2D eigenvalue weighted by atomic mass is 10.0. The van der Waals surface area contributed by atoms with E-state index in [1.807, 2.05) is 36.4 Å². The SMILES string of the molecule is OC(c1ccc(OC2CCOC2)cc1)c1cc(Br)ccc1Cl. The van der Waals surface area contributed by atoms with E-state index in [0.717, 1.165) is 28.8 Å². The van der Waals surface area contributed by atoms with Crippen LogP contribution in [0.5, 0.6) is 5.75 Å². The highest BCUT2D eigenvalue weighted by Crippen LogP contribution is 2.31. The first-order valence-corrected chi connectivity index (χ1v) is 8.28. The molecule has 0 aliphatic carbocycles. The third-order valence-corrected chi connectivity index (χ3v) is 4.48. The summed E-state index contributed by atoms with van der Waals surface area (Å²) in [6.45, 7) is 1.39. The summed E-state index contributed by atoms with van der Waals surface area (Å²) in [4.78, 5) is 0. The summed E-state index contributed by atoms with van der Waals surface area (Å²) in [5.41, 5.74) is 1.45. The Labute approximate surface area is 142 Å². The Morgan fingerprint density at radius 1 is 1.23 bits per heavy atom. The van der Waals surface area contributed by atoms with Gasteiger partial charge in [-0.3, -0.25) is 0 Å². The van der Waals surface area contributed by atoms with Crippen LogP contribution < -0.4 is 4.74 Å². The van der Waals surface area contributed by atoms with Crippen LogP contribution in [0.15, 0.2) is 46.9 Å². The molecular formula is C17H16BrClO3. The zero-order valence-electron chi connectivity index (χ0n) is 11.8. The average molecular weight is 384 g/mol. The van der Waals surface area contributed by atoms with Crippen LogP contribution in [-0.4, -0.2) is 24.4 Å². The number of hydrogen-bond donors (Lipinski definition) is 1. The second-order valence-electron chi connectivity index (χ2n) is 5.24. The van der Waals surface area contributed by atoms with Crippen molar-refractivity contribution in [2.75, 3.05) is 13.2 Å². The van der Waals surface area contributed by atoms with Gasteiger partial charge in [-0.1, -0.05) is 39.7 Å². The third kappa shape index (κ3) is 3.63. The van der Waals surface area contributed by atoms with Crippen molar-refractivity contribution in [1.82, 2.24) is 0 Å². The van der Waals surface area contributed by atoms with Gasteiger partial charge in [0.2, 0.25) is 0 Å². The lowest BCUT2D eigenvalue weighted by Gasteiger charge is -2.15. The molecule has 0 bridgehead atoms. The molecule has 3 rings (SSSR count). The van der Waals surface area contributed by atoms with Gasteiger partial charge in [-0.05, 0) is 35.9 Å². The monoisotopic (exact) mass is 382 g/mol. The van der Waals surface area contributed by atoms with Gasteiger partial charge in [-0.15, -0.1) is 0 Å². The molecule has 116 valence electrons. The Hall–Kier alpha value is -1.07. The molecule has 3 nitrogen and oxygen atoms in total. The highest BCUT2D eigenvalue weighted by Gasteiger charge is 2.18. The molecule has 2 aromatic carbocycles. The van der Waals surface area contributed by atoms with Crippen LogP contribution >= 0.6 is 27.5 Å². The van der Waals surface area contributed by atoms with E-state index in [1.165, 1.54) is 0 Å². The van der Waals surface area contributed by atoms with Gasteiger partial charge < -0.3 is 14.6 Å². The van der Waals surface area contributed by atoms with Crippen molar-refractivity contribution in [3.05, 3.63) is 63.1 Å². The number of halogens is 2. The topological polar surface area (TPSA) is 38.7 Å². The van der Waals surface area contributed by atoms with Crippen LogP contribution in [-0.2, 0) is 4.74 Å². The quantitative estimate of drug-likeness (QED) is 0.853. The third-order valence-electron chi connectivity index (χ3n) is 3.64. The first-order chi connectivity index (χ1) is 10.6. The van der Waals surface area contributed by atoms with E-state index in [1.54, 1.807) is 6.07 Å². The summed E-state index contributed by atoms with van der Waals surface area (Å²) in [6.07, 6.45) is 0.266. The van der Waals surface area contributed by atoms with E-state index in [2.05, 4.69) is 15.9 Å². The minimum absolute atomic E-state index is 0.121. The molecule has 1 aliphatic heterocycles. The Bertz CT molecular complexity index is 639. The number of aliphatic hydroxyl groups excluding tert-OH is 1. The van der Waals surface area contributed by atoms with Gasteiger partial charge in [0.05, 0.1) is 13.2 Å². The van der Waals surface area contributed by atoms with Crippen LogP contribution in [0, 0.1) is 0 Å². The van der Waals surface area contributed by atoms with Crippen LogP contribution in [0.25, 0.3) is 0 Å². The Balaban J connectivity index is 1.75. The zero-order chi connectivity index (χ0) is 15.5. The maximum Gasteiger partial charge on any atom is 0.124 e. The standard InChI is InChI=1S/C17H16BrClO3/c18-12-3-6-16(19)15(9-12)17(20)11-1-4-13(5-2-11)22-14-7-8-21-10-14/h1-6,9,14,17,20H,7-8,10H2. The molecule has 0 aromatic heterocycles. The van der Waals surface area contributed by atoms with Crippen LogP contribution in [0.4, 0.5) is 0 Å². The van der Waals surface area contributed by atoms with Gasteiger partial charge in [0.25, 0.3) is 0 Å². The van der Waals surface area contributed by atoms with Crippen molar-refractivity contribution in [3.8, 4) is 5.75 Å². The van der Waals surface area contributed by atoms with Crippen LogP contribution in [0.3, 0.4) is 0 Å². The number of benzene rings is 2. The van der Waals surface area contributed by atoms with Crippen LogP contribution in [0.2, 0.25) is 5.02 Å². The first-order valence-electron chi connectivity index (χ1n) is 7.11. The molecule has 2 aromatic rings. The predicted octanol–water partition coefficient (Wildman–Crippen LogP) is 4.35. The fourth-order valence-electron chi connectivity index (χ4n) is 2.43. The van der Waals surface area contributed by atoms with E-state index in [0.29, 0.717) is 17.2 Å². The molecular weight excluding hydrogens is 368 g/mol. The minimum atomic E-state index is -0.770. The molecule has 2 atom stereocenters. The van der Waals surface area contributed by atoms with Crippen molar-refractivity contribution in [1.29, 1.82) is 0 Å². The predicted molar refractivity (Wildman–Crippen MR) is 89.5 cm³/mol. The van der Waals surface area contributed by atoms with E-state index in [9.17, 15) is 5.11 Å². The summed E-state index contributed by atoms with van der Waals surface area (Å²) in [5, 5.41) is 11.0. The van der Waals surface area contributed by atoms with Gasteiger partial charge in [-0.25, -0.2) is 0 Å². The molecule has 1 heterocycles. The van der Waals surface area contributed by atoms with Gasteiger partial charge >= 0.3 is 0 Å². The summed E-state index contributed by atoms with van der Waals surface area (Å²) >= 11 is 9.56. The van der Waals surface area contributed by atoms with Gasteiger partial charge in [0, 0.05) is 21.5 Å². The Morgan fingerprint density at radius 3 is 2.68 bits per heavy atom. The van der Waals surface area contributed by atoms with Gasteiger partial charge in [0.1, 0.15) is 18.0 Å². The largest absolute Gasteiger partial charge is 0.488 e. The van der Waals surface area contributed by atoms with Crippen molar-refractivity contribution < 1.29 is 14.6 Å². The van der Waals surface area contributed by atoms with Gasteiger partial charge in [0.15, 0.2) is 0 Å². The molecule has 2 unspecified atom stereocenters. The molecule has 22 heavy (non-hydrogen) atoms. The fourth-order valence-corrected chi connectivity index (χ4v) is 3.03. The molecule has 0 amide bonds. The molecule has 1 fully saturated rings. The molecule has 0 saturated carbocycles. The Kier molecular flexibility index (Phi) is 5.03. The second kappa shape index (κ2) is 7.01. The normalized spacial score (nSPS) is 19.1. The summed E-state index contributed by atoms with van der Waals surface area (Å²) in [7, 11) is 0. The molecule has 1 N–H and O–H groups in total. The number of rotatable bonds is 4. The Morgan fingerprint density at radius 2 is 2.00 bits per heavy atom. The molecule has 1 saturated heterocycles. The maximum atomic E-state index is 10.5. The number of hydrogen-bond acceptors (Lipinski definition) is 3. The maximum absolute atomic E-state index is 10.5. The molecule has 0 spiro atoms. The first kappa shape index (κ1) is 15.8. The lowest BCUT2D eigenvalue weighted by molar-refractivity contribution is 0.141. The number of aliphatic hydroxyl groups is 1. The summed E-state index contributed by atoms with van der Waals surface area (Å²) in [5.74, 6) is 0.784. The van der Waals surface area contributed by atoms with Crippen molar-refractivity contribution >= 4 is 27.5 Å². The highest BCUT2D eigenvalue weighted by atomic mass is 79.9.